The highest BCUT2D eigenvalue weighted by atomic mass is 16.3. The number of oxazole rings is 1. The Morgan fingerprint density at radius 2 is 2.09 bits per heavy atom. The van der Waals surface area contributed by atoms with Crippen LogP contribution in [0.5, 0.6) is 0 Å². The van der Waals surface area contributed by atoms with Crippen LogP contribution in [0.1, 0.15) is 56.5 Å². The Kier molecular flexibility index (Phi) is 4.81. The average molecular weight is 305 g/mol. The van der Waals surface area contributed by atoms with Crippen molar-refractivity contribution in [2.24, 2.45) is 11.8 Å². The van der Waals surface area contributed by atoms with E-state index in [-0.39, 0.29) is 11.9 Å². The van der Waals surface area contributed by atoms with Crippen LogP contribution in [-0.4, -0.2) is 35.9 Å². The van der Waals surface area contributed by atoms with Gasteiger partial charge in [-0.05, 0) is 31.7 Å². The summed E-state index contributed by atoms with van der Waals surface area (Å²) in [4.78, 5) is 18.7. The molecule has 5 nitrogen and oxygen atoms in total. The second kappa shape index (κ2) is 6.82. The van der Waals surface area contributed by atoms with Gasteiger partial charge in [-0.1, -0.05) is 26.2 Å². The number of aromatic nitrogens is 1. The number of hydrogen-bond acceptors (Lipinski definition) is 4. The summed E-state index contributed by atoms with van der Waals surface area (Å²) in [5.74, 6) is 2.60. The normalized spacial score (nSPS) is 24.9. The van der Waals surface area contributed by atoms with Crippen molar-refractivity contribution in [2.45, 2.75) is 51.5 Å². The molecule has 1 unspecified atom stereocenters. The Hall–Kier alpha value is -1.36. The molecule has 1 N–H and O–H groups in total. The molecule has 1 aromatic heterocycles. The predicted molar refractivity (Wildman–Crippen MR) is 84.3 cm³/mol. The number of amides is 1. The van der Waals surface area contributed by atoms with E-state index < -0.39 is 0 Å². The molecule has 0 saturated heterocycles. The first-order chi connectivity index (χ1) is 10.7. The molecular formula is C17H27N3O2. The number of carbonyl (C=O) groups is 1. The number of nitrogens with zero attached hydrogens (tertiary/aromatic N) is 2. The summed E-state index contributed by atoms with van der Waals surface area (Å²) in [5.41, 5.74) is 0.916. The van der Waals surface area contributed by atoms with Gasteiger partial charge >= 0.3 is 0 Å². The smallest absolute Gasteiger partial charge is 0.247 e. The van der Waals surface area contributed by atoms with Crippen LogP contribution in [0.15, 0.2) is 10.8 Å². The maximum atomic E-state index is 12.5. The minimum absolute atomic E-state index is 0.125. The molecule has 2 saturated carbocycles. The standard InChI is InChI=1S/C13H19N3O2.C4H8/c1-14-11-12-10(15-8-18-12)5-6-16(13(11)17)7-9-3-2-4-9;1-4-2-3-4/h8-9,11,14H,2-7H2,1H3;4H,2-3H2,1H3. The number of nitrogens with one attached hydrogen (secondary N) is 1. The molecule has 1 amide bonds. The monoisotopic (exact) mass is 305 g/mol. The van der Waals surface area contributed by atoms with Gasteiger partial charge in [0.2, 0.25) is 5.91 Å². The van der Waals surface area contributed by atoms with Gasteiger partial charge in [0.15, 0.2) is 12.2 Å². The SMILES string of the molecule is CC1CC1.CNC1C(=O)N(CC2CCC2)CCc2ncoc21. The molecule has 0 spiro atoms. The van der Waals surface area contributed by atoms with Gasteiger partial charge < -0.3 is 14.6 Å². The molecule has 2 aliphatic carbocycles. The molecule has 0 radical (unpaired) electrons. The van der Waals surface area contributed by atoms with Gasteiger partial charge in [0, 0.05) is 19.5 Å². The first kappa shape index (κ1) is 15.5. The van der Waals surface area contributed by atoms with Crippen molar-refractivity contribution >= 4 is 5.91 Å². The topological polar surface area (TPSA) is 58.4 Å². The average Bonchev–Trinajstić information content (AvgIpc) is 3.13. The zero-order valence-corrected chi connectivity index (χ0v) is 13.7. The third-order valence-corrected chi connectivity index (χ3v) is 4.97. The number of fused-ring (bicyclic) bond motifs is 1. The second-order valence-corrected chi connectivity index (χ2v) is 6.90. The zero-order chi connectivity index (χ0) is 15.5. The van der Waals surface area contributed by atoms with Crippen molar-refractivity contribution in [1.29, 1.82) is 0 Å². The molecule has 0 bridgehead atoms. The molecular weight excluding hydrogens is 278 g/mol. The van der Waals surface area contributed by atoms with E-state index in [1.165, 1.54) is 38.5 Å². The molecule has 122 valence electrons. The highest BCUT2D eigenvalue weighted by Crippen LogP contribution is 2.30. The summed E-state index contributed by atoms with van der Waals surface area (Å²) >= 11 is 0. The summed E-state index contributed by atoms with van der Waals surface area (Å²) in [6.07, 6.45) is 9.03. The number of hydrogen-bond donors (Lipinski definition) is 1. The maximum absolute atomic E-state index is 12.5. The van der Waals surface area contributed by atoms with Crippen LogP contribution in [0.4, 0.5) is 0 Å². The van der Waals surface area contributed by atoms with Crippen LogP contribution >= 0.6 is 0 Å². The summed E-state index contributed by atoms with van der Waals surface area (Å²) in [7, 11) is 1.79. The summed E-state index contributed by atoms with van der Waals surface area (Å²) in [5, 5.41) is 3.05. The Bertz CT molecular complexity index is 506. The van der Waals surface area contributed by atoms with Gasteiger partial charge in [-0.15, -0.1) is 0 Å². The fraction of sp³-hybridized carbons (Fsp3) is 0.765. The Morgan fingerprint density at radius 3 is 2.64 bits per heavy atom. The fourth-order valence-corrected chi connectivity index (χ4v) is 2.94. The first-order valence-corrected chi connectivity index (χ1v) is 8.57. The predicted octanol–water partition coefficient (Wildman–Crippen LogP) is 2.54. The van der Waals surface area contributed by atoms with E-state index in [2.05, 4.69) is 17.2 Å². The Morgan fingerprint density at radius 1 is 1.36 bits per heavy atom. The van der Waals surface area contributed by atoms with Crippen LogP contribution in [-0.2, 0) is 11.2 Å². The number of carbonyl (C=O) groups excluding carboxylic acids is 1. The fourth-order valence-electron chi connectivity index (χ4n) is 2.94. The molecule has 1 aliphatic heterocycles. The third kappa shape index (κ3) is 3.51. The Labute approximate surface area is 132 Å². The molecule has 3 aliphatic rings. The van der Waals surface area contributed by atoms with Crippen molar-refractivity contribution in [3.05, 3.63) is 17.8 Å². The van der Waals surface area contributed by atoms with Gasteiger partial charge in [-0.3, -0.25) is 4.79 Å². The lowest BCUT2D eigenvalue weighted by Crippen LogP contribution is -2.42. The highest BCUT2D eigenvalue weighted by Gasteiger charge is 2.34. The van der Waals surface area contributed by atoms with Crippen molar-refractivity contribution in [3.63, 3.8) is 0 Å². The van der Waals surface area contributed by atoms with Crippen LogP contribution in [0.2, 0.25) is 0 Å². The van der Waals surface area contributed by atoms with E-state index in [1.807, 2.05) is 4.90 Å². The second-order valence-electron chi connectivity index (χ2n) is 6.90. The molecule has 22 heavy (non-hydrogen) atoms. The van der Waals surface area contributed by atoms with E-state index in [9.17, 15) is 4.79 Å². The number of likely N-dealkylation sites (N-methyl/N-ethyl adjacent to an activating group) is 1. The van der Waals surface area contributed by atoms with Crippen LogP contribution in [0, 0.1) is 11.8 Å². The Balaban J connectivity index is 0.000000313. The minimum Gasteiger partial charge on any atom is -0.446 e. The van der Waals surface area contributed by atoms with E-state index >= 15 is 0 Å². The lowest BCUT2D eigenvalue weighted by molar-refractivity contribution is -0.134. The summed E-state index contributed by atoms with van der Waals surface area (Å²) < 4.78 is 5.38. The van der Waals surface area contributed by atoms with Gasteiger partial charge in [-0.25, -0.2) is 4.98 Å². The van der Waals surface area contributed by atoms with Gasteiger partial charge in [0.1, 0.15) is 6.04 Å². The number of rotatable bonds is 3. The van der Waals surface area contributed by atoms with Crippen molar-refractivity contribution in [2.75, 3.05) is 20.1 Å². The molecule has 4 rings (SSSR count). The lowest BCUT2D eigenvalue weighted by atomic mass is 9.85. The van der Waals surface area contributed by atoms with E-state index in [0.29, 0.717) is 11.7 Å². The molecule has 5 heteroatoms. The van der Waals surface area contributed by atoms with E-state index in [1.54, 1.807) is 7.05 Å². The molecule has 0 aromatic carbocycles. The van der Waals surface area contributed by atoms with E-state index in [4.69, 9.17) is 4.42 Å². The van der Waals surface area contributed by atoms with Gasteiger partial charge in [0.25, 0.3) is 0 Å². The molecule has 1 atom stereocenters. The van der Waals surface area contributed by atoms with Crippen LogP contribution in [0.3, 0.4) is 0 Å². The third-order valence-electron chi connectivity index (χ3n) is 4.97. The van der Waals surface area contributed by atoms with Crippen molar-refractivity contribution in [3.8, 4) is 0 Å². The quantitative estimate of drug-likeness (QED) is 0.932. The maximum Gasteiger partial charge on any atom is 0.247 e. The minimum atomic E-state index is -0.370. The molecule has 2 fully saturated rings. The summed E-state index contributed by atoms with van der Waals surface area (Å²) in [6.45, 7) is 3.92. The largest absolute Gasteiger partial charge is 0.446 e. The zero-order valence-electron chi connectivity index (χ0n) is 13.7. The van der Waals surface area contributed by atoms with Crippen molar-refractivity contribution < 1.29 is 9.21 Å². The lowest BCUT2D eigenvalue weighted by Gasteiger charge is -2.32. The summed E-state index contributed by atoms with van der Waals surface area (Å²) in [6, 6.07) is -0.370. The van der Waals surface area contributed by atoms with Crippen molar-refractivity contribution in [1.82, 2.24) is 15.2 Å². The first-order valence-electron chi connectivity index (χ1n) is 8.57. The van der Waals surface area contributed by atoms with Crippen LogP contribution < -0.4 is 5.32 Å². The van der Waals surface area contributed by atoms with Gasteiger partial charge in [0.05, 0.1) is 5.69 Å². The van der Waals surface area contributed by atoms with Gasteiger partial charge in [-0.2, -0.15) is 0 Å². The highest BCUT2D eigenvalue weighted by molar-refractivity contribution is 5.83. The van der Waals surface area contributed by atoms with Crippen LogP contribution in [0.25, 0.3) is 0 Å². The molecule has 2 heterocycles. The van der Waals surface area contributed by atoms with E-state index in [0.717, 1.165) is 31.1 Å². The molecule has 1 aromatic rings.